The van der Waals surface area contributed by atoms with E-state index in [0.717, 1.165) is 83.7 Å². The van der Waals surface area contributed by atoms with Crippen molar-refractivity contribution in [3.8, 4) is 23.6 Å². The Balaban J connectivity index is 1.04. The molecule has 37 heavy (non-hydrogen) atoms. The van der Waals surface area contributed by atoms with Crippen LogP contribution in [0.2, 0.25) is 0 Å². The Morgan fingerprint density at radius 3 is 2.81 bits per heavy atom. The summed E-state index contributed by atoms with van der Waals surface area (Å²) in [6.45, 7) is 5.25. The van der Waals surface area contributed by atoms with Crippen LogP contribution in [0.3, 0.4) is 0 Å². The van der Waals surface area contributed by atoms with Gasteiger partial charge in [0, 0.05) is 56.1 Å². The van der Waals surface area contributed by atoms with Crippen LogP contribution in [0, 0.1) is 25.2 Å². The maximum atomic E-state index is 13.0. The third-order valence-corrected chi connectivity index (χ3v) is 8.81. The zero-order valence-corrected chi connectivity index (χ0v) is 22.0. The van der Waals surface area contributed by atoms with Crippen molar-refractivity contribution in [1.29, 1.82) is 0 Å². The summed E-state index contributed by atoms with van der Waals surface area (Å²) in [4.78, 5) is 21.3. The van der Waals surface area contributed by atoms with E-state index in [1.807, 2.05) is 12.1 Å². The highest BCUT2D eigenvalue weighted by atomic mass is 32.1. The van der Waals surface area contributed by atoms with Crippen LogP contribution in [0.5, 0.6) is 0 Å². The lowest BCUT2D eigenvalue weighted by Crippen LogP contribution is -2.26. The van der Waals surface area contributed by atoms with Crippen LogP contribution in [0.25, 0.3) is 26.4 Å². The molecule has 0 radical (unpaired) electrons. The van der Waals surface area contributed by atoms with Gasteiger partial charge in [0.1, 0.15) is 0 Å². The van der Waals surface area contributed by atoms with Crippen LogP contribution in [0.15, 0.2) is 58.9 Å². The van der Waals surface area contributed by atoms with Crippen LogP contribution < -0.4 is 0 Å². The van der Waals surface area contributed by atoms with E-state index in [0.29, 0.717) is 12.3 Å². The highest BCUT2D eigenvalue weighted by Crippen LogP contribution is 2.37. The number of benzene rings is 2. The number of likely N-dealkylation sites (tertiary alicyclic amines) is 1. The van der Waals surface area contributed by atoms with Gasteiger partial charge in [0.2, 0.25) is 0 Å². The van der Waals surface area contributed by atoms with Crippen molar-refractivity contribution >= 4 is 32.3 Å². The zero-order chi connectivity index (χ0) is 25.4. The molecule has 4 aromatic rings. The maximum Gasteiger partial charge on any atom is 0.195 e. The Morgan fingerprint density at radius 1 is 1.19 bits per heavy atom. The molecule has 4 heterocycles. The predicted molar refractivity (Wildman–Crippen MR) is 149 cm³/mol. The van der Waals surface area contributed by atoms with E-state index in [2.05, 4.69) is 68.9 Å². The first-order valence-corrected chi connectivity index (χ1v) is 14.0. The van der Waals surface area contributed by atoms with Gasteiger partial charge in [-0.15, -0.1) is 12.3 Å². The second-order valence-electron chi connectivity index (χ2n) is 10.5. The molecule has 0 bridgehead atoms. The molecule has 1 saturated heterocycles. The summed E-state index contributed by atoms with van der Waals surface area (Å²) in [5.74, 6) is 3.50. The van der Waals surface area contributed by atoms with Gasteiger partial charge in [0.15, 0.2) is 16.4 Å². The van der Waals surface area contributed by atoms with Crippen LogP contribution in [0.4, 0.5) is 0 Å². The molecule has 1 atom stereocenters. The minimum absolute atomic E-state index is 0.204. The van der Waals surface area contributed by atoms with Crippen LogP contribution in [-0.2, 0) is 0 Å². The molecular weight excluding hydrogens is 478 g/mol. The second-order valence-corrected chi connectivity index (χ2v) is 11.5. The van der Waals surface area contributed by atoms with Crippen molar-refractivity contribution in [2.45, 2.75) is 51.1 Å². The monoisotopic (exact) mass is 509 g/mol. The van der Waals surface area contributed by atoms with Gasteiger partial charge in [0.25, 0.3) is 0 Å². The number of Topliss-reactive ketones (excluding diaryl/α,β-unsaturated/α-hetero) is 1. The number of thiazole rings is 1. The number of nitrogens with zero attached hydrogens (tertiary/aromatic N) is 5. The fraction of sp³-hybridized carbons (Fsp3) is 0.400. The fourth-order valence-electron chi connectivity index (χ4n) is 5.37. The molecule has 2 aromatic carbocycles. The molecule has 0 spiro atoms. The number of aromatic nitrogens is 2. The van der Waals surface area contributed by atoms with Gasteiger partial charge in [-0.05, 0) is 50.4 Å². The molecule has 0 saturated carbocycles. The summed E-state index contributed by atoms with van der Waals surface area (Å²) >= 11 is 1.64. The van der Waals surface area contributed by atoms with Crippen molar-refractivity contribution in [3.05, 3.63) is 59.8 Å². The third kappa shape index (κ3) is 5.09. The summed E-state index contributed by atoms with van der Waals surface area (Å²) in [5, 5.41) is 8.50. The smallest absolute Gasteiger partial charge is 0.195 e. The predicted octanol–water partition coefficient (Wildman–Crippen LogP) is 6.77. The number of imidazole rings is 1. The SMILES string of the molecule is C#CCCC1(CCN2CC[C@@H](CCC(=O)c3ccc4c(c3)sc3nc(-c5ccc(C)cc5)cn34)C2)N=N1. The maximum absolute atomic E-state index is 13.0. The van der Waals surface area contributed by atoms with Crippen molar-refractivity contribution in [1.82, 2.24) is 14.3 Å². The molecule has 2 aliphatic heterocycles. The number of hydrogen-bond donors (Lipinski definition) is 0. The Labute approximate surface area is 221 Å². The lowest BCUT2D eigenvalue weighted by Gasteiger charge is -2.18. The second kappa shape index (κ2) is 9.85. The molecule has 2 aromatic heterocycles. The van der Waals surface area contributed by atoms with E-state index < -0.39 is 0 Å². The molecule has 0 unspecified atom stereocenters. The quantitative estimate of drug-likeness (QED) is 0.175. The lowest BCUT2D eigenvalue weighted by molar-refractivity contribution is 0.0974. The first kappa shape index (κ1) is 24.0. The van der Waals surface area contributed by atoms with Crippen molar-refractivity contribution in [3.63, 3.8) is 0 Å². The Kier molecular flexibility index (Phi) is 6.39. The molecule has 2 aliphatic rings. The van der Waals surface area contributed by atoms with Gasteiger partial charge in [-0.1, -0.05) is 41.2 Å². The number of aryl methyl sites for hydroxylation is 1. The van der Waals surface area contributed by atoms with Crippen LogP contribution in [-0.4, -0.2) is 45.4 Å². The molecule has 188 valence electrons. The van der Waals surface area contributed by atoms with Gasteiger partial charge in [-0.2, -0.15) is 10.2 Å². The number of fused-ring (bicyclic) bond motifs is 3. The molecule has 6 rings (SSSR count). The standard InChI is InChI=1S/C30H31N5OS/c1-3-4-14-30(32-33-30)15-17-34-16-13-22(19-34)7-12-27(36)24-10-11-26-28(18-24)37-29-31-25(20-35(26)29)23-8-5-21(2)6-9-23/h1,5-6,8-11,18,20,22H,4,7,12-17,19H2,2H3/t22-/m1/s1. The van der Waals surface area contributed by atoms with Crippen molar-refractivity contribution in [2.75, 3.05) is 19.6 Å². The molecule has 0 aliphatic carbocycles. The first-order valence-electron chi connectivity index (χ1n) is 13.1. The largest absolute Gasteiger partial charge is 0.303 e. The van der Waals surface area contributed by atoms with Gasteiger partial charge in [-0.25, -0.2) is 4.98 Å². The van der Waals surface area contributed by atoms with Crippen LogP contribution >= 0.6 is 11.3 Å². The summed E-state index contributed by atoms with van der Waals surface area (Å²) < 4.78 is 3.24. The van der Waals surface area contributed by atoms with Gasteiger partial charge < -0.3 is 4.90 Å². The zero-order valence-electron chi connectivity index (χ0n) is 21.2. The summed E-state index contributed by atoms with van der Waals surface area (Å²) in [6.07, 6.45) is 12.7. The van der Waals surface area contributed by atoms with Crippen molar-refractivity contribution < 1.29 is 4.79 Å². The van der Waals surface area contributed by atoms with Gasteiger partial charge in [0.05, 0.1) is 15.9 Å². The number of carbonyl (C=O) groups is 1. The highest BCUT2D eigenvalue weighted by molar-refractivity contribution is 7.23. The van der Waals surface area contributed by atoms with E-state index in [1.54, 1.807) is 11.3 Å². The topological polar surface area (TPSA) is 62.3 Å². The average molecular weight is 510 g/mol. The third-order valence-electron chi connectivity index (χ3n) is 7.79. The van der Waals surface area contributed by atoms with Crippen molar-refractivity contribution in [2.24, 2.45) is 16.1 Å². The molecule has 7 heteroatoms. The molecule has 1 fully saturated rings. The van der Waals surface area contributed by atoms with Gasteiger partial charge in [-0.3, -0.25) is 9.20 Å². The number of hydrogen-bond acceptors (Lipinski definition) is 6. The number of rotatable bonds is 10. The number of terminal acetylenes is 1. The minimum atomic E-state index is -0.204. The average Bonchev–Trinajstić information content (AvgIpc) is 3.20. The summed E-state index contributed by atoms with van der Waals surface area (Å²) in [7, 11) is 0. The highest BCUT2D eigenvalue weighted by Gasteiger charge is 2.39. The molecular formula is C30H31N5OS. The van der Waals surface area contributed by atoms with E-state index in [9.17, 15) is 4.79 Å². The van der Waals surface area contributed by atoms with E-state index >= 15 is 0 Å². The molecule has 6 nitrogen and oxygen atoms in total. The molecule has 0 N–H and O–H groups in total. The van der Waals surface area contributed by atoms with E-state index in [-0.39, 0.29) is 11.4 Å². The Hall–Kier alpha value is -3.34. The Bertz CT molecular complexity index is 1520. The molecule has 0 amide bonds. The van der Waals surface area contributed by atoms with Crippen LogP contribution in [0.1, 0.15) is 54.4 Å². The lowest BCUT2D eigenvalue weighted by atomic mass is 9.98. The fourth-order valence-corrected chi connectivity index (χ4v) is 6.42. The summed E-state index contributed by atoms with van der Waals surface area (Å²) in [6, 6.07) is 14.5. The van der Waals surface area contributed by atoms with E-state index in [4.69, 9.17) is 11.4 Å². The first-order chi connectivity index (χ1) is 18.0. The van der Waals surface area contributed by atoms with E-state index in [1.165, 1.54) is 5.56 Å². The normalized spacial score (nSPS) is 18.5. The number of ketones is 1. The number of carbonyl (C=O) groups excluding carboxylic acids is 1. The summed E-state index contributed by atoms with van der Waals surface area (Å²) in [5.41, 5.74) is 5.03. The Morgan fingerprint density at radius 2 is 2.03 bits per heavy atom. The minimum Gasteiger partial charge on any atom is -0.303 e. The van der Waals surface area contributed by atoms with Gasteiger partial charge >= 0.3 is 0 Å².